The first-order chi connectivity index (χ1) is 22.9. The molecule has 0 atom stereocenters. The van der Waals surface area contributed by atoms with E-state index >= 15 is 0 Å². The highest BCUT2D eigenvalue weighted by atomic mass is 16.5. The molecule has 0 spiro atoms. The molecule has 11 heteroatoms. The number of carbonyl (C=O) groups is 1. The monoisotopic (exact) mass is 633 g/mol. The van der Waals surface area contributed by atoms with Crippen molar-refractivity contribution in [3.63, 3.8) is 0 Å². The van der Waals surface area contributed by atoms with Crippen LogP contribution in [0.3, 0.4) is 0 Å². The van der Waals surface area contributed by atoms with Crippen LogP contribution in [0.15, 0.2) is 82.6 Å². The lowest BCUT2D eigenvalue weighted by Gasteiger charge is -2.26. The van der Waals surface area contributed by atoms with Gasteiger partial charge in [0.1, 0.15) is 11.5 Å². The smallest absolute Gasteiger partial charge is 0.274 e. The number of ether oxygens (including phenoxy) is 1. The number of anilines is 2. The number of morpholine rings is 1. The summed E-state index contributed by atoms with van der Waals surface area (Å²) in [4.78, 5) is 46.0. The predicted molar refractivity (Wildman–Crippen MR) is 178 cm³/mol. The number of fused-ring (bicyclic) bond motifs is 1. The molecule has 4 heterocycles. The van der Waals surface area contributed by atoms with Gasteiger partial charge in [-0.05, 0) is 71.7 Å². The highest BCUT2D eigenvalue weighted by Crippen LogP contribution is 2.41. The van der Waals surface area contributed by atoms with Gasteiger partial charge in [-0.25, -0.2) is 4.98 Å². The van der Waals surface area contributed by atoms with Gasteiger partial charge in [0, 0.05) is 49.0 Å². The molecule has 47 heavy (non-hydrogen) atoms. The number of amides is 1. The molecule has 2 aromatic carbocycles. The third kappa shape index (κ3) is 5.85. The lowest BCUT2D eigenvalue weighted by Crippen LogP contribution is -2.40. The lowest BCUT2D eigenvalue weighted by molar-refractivity contribution is 0.0302. The number of aliphatic hydroxyl groups excluding tert-OH is 2. The van der Waals surface area contributed by atoms with Crippen molar-refractivity contribution in [2.45, 2.75) is 32.0 Å². The Hall–Kier alpha value is -5.10. The van der Waals surface area contributed by atoms with E-state index in [-0.39, 0.29) is 29.3 Å². The number of pyridine rings is 3. The number of rotatable bonds is 8. The highest BCUT2D eigenvalue weighted by Gasteiger charge is 2.25. The molecule has 2 aliphatic rings. The van der Waals surface area contributed by atoms with Gasteiger partial charge in [0.15, 0.2) is 0 Å². The van der Waals surface area contributed by atoms with E-state index in [1.54, 1.807) is 48.5 Å². The van der Waals surface area contributed by atoms with E-state index < -0.39 is 6.61 Å². The molecular weight excluding hydrogens is 598 g/mol. The van der Waals surface area contributed by atoms with Crippen LogP contribution >= 0.6 is 0 Å². The minimum Gasteiger partial charge on any atom is -0.392 e. The standard InChI is InChI=1S/C36H35N5O6/c1-39-19-26(17-31(36(39)46)38-33-10-8-24(18-37-33)34(44)40-11-13-47-14-12-40)28-3-2-4-32(30(28)21-43)41-27(20-42)16-25-15-23(22-5-6-22)7-9-29(25)35(41)45/h2-4,7-10,15-19,22,42-43H,5-6,11-14,20-21H2,1H3,(H,37,38). The van der Waals surface area contributed by atoms with Crippen molar-refractivity contribution in [1.82, 2.24) is 19.0 Å². The molecule has 3 N–H and O–H groups in total. The van der Waals surface area contributed by atoms with E-state index in [0.717, 1.165) is 18.2 Å². The van der Waals surface area contributed by atoms with Crippen LogP contribution in [0.2, 0.25) is 0 Å². The molecule has 3 aromatic heterocycles. The van der Waals surface area contributed by atoms with E-state index in [1.807, 2.05) is 30.3 Å². The molecule has 0 bridgehead atoms. The van der Waals surface area contributed by atoms with Crippen molar-refractivity contribution in [1.29, 1.82) is 0 Å². The number of nitrogens with one attached hydrogen (secondary N) is 1. The SMILES string of the molecule is Cn1cc(-c2cccc(-n3c(CO)cc4cc(C5CC5)ccc4c3=O)c2CO)cc(Nc2ccc(C(=O)N3CCOCC3)cn2)c1=O. The summed E-state index contributed by atoms with van der Waals surface area (Å²) in [5.74, 6) is 0.784. The maximum atomic E-state index is 13.9. The molecule has 1 saturated carbocycles. The summed E-state index contributed by atoms with van der Waals surface area (Å²) < 4.78 is 8.22. The first-order valence-corrected chi connectivity index (χ1v) is 15.7. The lowest BCUT2D eigenvalue weighted by atomic mass is 9.98. The maximum Gasteiger partial charge on any atom is 0.274 e. The summed E-state index contributed by atoms with van der Waals surface area (Å²) in [6, 6.07) is 18.0. The van der Waals surface area contributed by atoms with Gasteiger partial charge in [-0.3, -0.25) is 19.0 Å². The summed E-state index contributed by atoms with van der Waals surface area (Å²) in [5.41, 5.74) is 3.84. The van der Waals surface area contributed by atoms with Gasteiger partial charge < -0.3 is 29.7 Å². The Kier molecular flexibility index (Phi) is 8.19. The van der Waals surface area contributed by atoms with Crippen LogP contribution < -0.4 is 16.4 Å². The van der Waals surface area contributed by atoms with Crippen LogP contribution in [0.1, 0.15) is 45.9 Å². The van der Waals surface area contributed by atoms with E-state index in [9.17, 15) is 24.6 Å². The maximum absolute atomic E-state index is 13.9. The van der Waals surface area contributed by atoms with Gasteiger partial charge in [-0.15, -0.1) is 0 Å². The molecule has 1 aliphatic heterocycles. The summed E-state index contributed by atoms with van der Waals surface area (Å²) in [6.07, 6.45) is 5.43. The quantitative estimate of drug-likeness (QED) is 0.235. The zero-order chi connectivity index (χ0) is 32.7. The van der Waals surface area contributed by atoms with Crippen LogP contribution in [-0.2, 0) is 25.0 Å². The van der Waals surface area contributed by atoms with Crippen molar-refractivity contribution in [2.24, 2.45) is 7.05 Å². The molecule has 0 radical (unpaired) electrons. The fourth-order valence-corrected chi connectivity index (χ4v) is 6.29. The molecule has 0 unspecified atom stereocenters. The van der Waals surface area contributed by atoms with Crippen molar-refractivity contribution < 1.29 is 19.7 Å². The molecule has 7 rings (SSSR count). The Morgan fingerprint density at radius 1 is 0.979 bits per heavy atom. The van der Waals surface area contributed by atoms with Gasteiger partial charge in [0.2, 0.25) is 0 Å². The number of nitrogens with zero attached hydrogens (tertiary/aromatic N) is 4. The van der Waals surface area contributed by atoms with Gasteiger partial charge in [0.25, 0.3) is 17.0 Å². The van der Waals surface area contributed by atoms with E-state index in [1.165, 1.54) is 20.9 Å². The average molecular weight is 634 g/mol. The summed E-state index contributed by atoms with van der Waals surface area (Å²) >= 11 is 0. The third-order valence-electron chi connectivity index (χ3n) is 8.95. The molecule has 1 saturated heterocycles. The number of benzene rings is 2. The van der Waals surface area contributed by atoms with Crippen LogP contribution in [0.5, 0.6) is 0 Å². The second-order valence-electron chi connectivity index (χ2n) is 12.0. The molecule has 11 nitrogen and oxygen atoms in total. The molecule has 1 amide bonds. The molecule has 1 aliphatic carbocycles. The largest absolute Gasteiger partial charge is 0.392 e. The number of carbonyl (C=O) groups excluding carboxylic acids is 1. The third-order valence-corrected chi connectivity index (χ3v) is 8.95. The van der Waals surface area contributed by atoms with Gasteiger partial charge >= 0.3 is 0 Å². The number of aliphatic hydroxyl groups is 2. The zero-order valence-electron chi connectivity index (χ0n) is 26.0. The first-order valence-electron chi connectivity index (χ1n) is 15.7. The second kappa shape index (κ2) is 12.6. The fourth-order valence-electron chi connectivity index (χ4n) is 6.29. The van der Waals surface area contributed by atoms with Gasteiger partial charge in [-0.1, -0.05) is 24.3 Å². The minimum atomic E-state index is -0.396. The Labute approximate surface area is 270 Å². The number of aromatic nitrogens is 3. The van der Waals surface area contributed by atoms with Crippen LogP contribution in [-0.4, -0.2) is 61.4 Å². The average Bonchev–Trinajstić information content (AvgIpc) is 3.96. The Morgan fingerprint density at radius 2 is 1.79 bits per heavy atom. The molecule has 5 aromatic rings. The summed E-state index contributed by atoms with van der Waals surface area (Å²) in [5, 5.41) is 25.4. The van der Waals surface area contributed by atoms with Gasteiger partial charge in [0.05, 0.1) is 43.4 Å². The Balaban J connectivity index is 1.24. The summed E-state index contributed by atoms with van der Waals surface area (Å²) in [6.45, 7) is 1.29. The van der Waals surface area contributed by atoms with Crippen LogP contribution in [0.4, 0.5) is 11.5 Å². The van der Waals surface area contributed by atoms with Crippen molar-refractivity contribution in [2.75, 3.05) is 31.6 Å². The van der Waals surface area contributed by atoms with E-state index in [4.69, 9.17) is 4.74 Å². The van der Waals surface area contributed by atoms with Crippen molar-refractivity contribution in [3.05, 3.63) is 116 Å². The van der Waals surface area contributed by atoms with Crippen molar-refractivity contribution >= 4 is 28.2 Å². The zero-order valence-corrected chi connectivity index (χ0v) is 26.0. The topological polar surface area (TPSA) is 139 Å². The number of aryl methyl sites for hydroxylation is 1. The van der Waals surface area contributed by atoms with Crippen LogP contribution in [0, 0.1) is 0 Å². The number of hydrogen-bond donors (Lipinski definition) is 3. The first kappa shape index (κ1) is 30.5. The minimum absolute atomic E-state index is 0.125. The fraction of sp³-hybridized carbons (Fsp3) is 0.278. The Morgan fingerprint density at radius 3 is 2.49 bits per heavy atom. The normalized spacial score (nSPS) is 14.8. The summed E-state index contributed by atoms with van der Waals surface area (Å²) in [7, 11) is 1.63. The predicted octanol–water partition coefficient (Wildman–Crippen LogP) is 3.83. The molecular formula is C36H35N5O6. The highest BCUT2D eigenvalue weighted by molar-refractivity contribution is 5.94. The Bertz CT molecular complexity index is 2110. The van der Waals surface area contributed by atoms with Crippen molar-refractivity contribution in [3.8, 4) is 16.8 Å². The number of hydrogen-bond acceptors (Lipinski definition) is 8. The molecule has 2 fully saturated rings. The molecule has 240 valence electrons. The second-order valence-corrected chi connectivity index (χ2v) is 12.0. The van der Waals surface area contributed by atoms with E-state index in [2.05, 4.69) is 10.3 Å². The van der Waals surface area contributed by atoms with E-state index in [0.29, 0.717) is 77.1 Å². The van der Waals surface area contributed by atoms with Crippen LogP contribution in [0.25, 0.3) is 27.6 Å². The van der Waals surface area contributed by atoms with Gasteiger partial charge in [-0.2, -0.15) is 0 Å².